The van der Waals surface area contributed by atoms with E-state index in [0.717, 1.165) is 23.3 Å². The second kappa shape index (κ2) is 10.4. The normalized spacial score (nSPS) is 17.6. The summed E-state index contributed by atoms with van der Waals surface area (Å²) in [4.78, 5) is 31.0. The smallest absolute Gasteiger partial charge is 0.339 e. The first-order valence-electron chi connectivity index (χ1n) is 11.5. The van der Waals surface area contributed by atoms with E-state index in [-0.39, 0.29) is 18.0 Å². The second-order valence-electron chi connectivity index (χ2n) is 8.80. The fourth-order valence-electron chi connectivity index (χ4n) is 4.36. The van der Waals surface area contributed by atoms with Crippen LogP contribution in [0, 0.1) is 6.92 Å². The number of rotatable bonds is 5. The monoisotopic (exact) mass is 495 g/mol. The Hall–Kier alpha value is -2.55. The Balaban J connectivity index is 1.90. The summed E-state index contributed by atoms with van der Waals surface area (Å²) in [7, 11) is 1.62. The van der Waals surface area contributed by atoms with Gasteiger partial charge in [-0.1, -0.05) is 19.9 Å². The van der Waals surface area contributed by atoms with Gasteiger partial charge in [0.25, 0.3) is 0 Å². The Morgan fingerprint density at radius 3 is 2.44 bits per heavy atom. The van der Waals surface area contributed by atoms with Gasteiger partial charge in [-0.2, -0.15) is 24.5 Å². The van der Waals surface area contributed by atoms with E-state index in [9.17, 15) is 22.8 Å². The molecule has 0 spiro atoms. The molecule has 34 heavy (non-hydrogen) atoms. The molecule has 0 N–H and O–H groups in total. The summed E-state index contributed by atoms with van der Waals surface area (Å²) < 4.78 is 40.4. The van der Waals surface area contributed by atoms with Crippen molar-refractivity contribution in [3.8, 4) is 0 Å². The van der Waals surface area contributed by atoms with E-state index >= 15 is 0 Å². The van der Waals surface area contributed by atoms with E-state index in [1.807, 2.05) is 31.5 Å². The molecule has 1 aromatic heterocycles. The summed E-state index contributed by atoms with van der Waals surface area (Å²) in [6.07, 6.45) is -3.59. The molecule has 0 aliphatic carbocycles. The van der Waals surface area contributed by atoms with Crippen molar-refractivity contribution in [2.45, 2.75) is 58.8 Å². The first kappa shape index (κ1) is 26.1. The van der Waals surface area contributed by atoms with Gasteiger partial charge in [-0.3, -0.25) is 4.79 Å². The van der Waals surface area contributed by atoms with E-state index in [4.69, 9.17) is 0 Å². The molecule has 2 heterocycles. The molecule has 2 atom stereocenters. The topological polar surface area (TPSA) is 43.9 Å². The van der Waals surface area contributed by atoms with Crippen molar-refractivity contribution < 1.29 is 22.8 Å². The molecule has 3 amide bonds. The minimum absolute atomic E-state index is 0.0442. The Morgan fingerprint density at radius 2 is 1.88 bits per heavy atom. The van der Waals surface area contributed by atoms with Crippen LogP contribution in [0.15, 0.2) is 29.0 Å². The van der Waals surface area contributed by atoms with Crippen LogP contribution in [0.25, 0.3) is 0 Å². The van der Waals surface area contributed by atoms with Crippen LogP contribution in [-0.4, -0.2) is 53.3 Å². The molecule has 9 heteroatoms. The number of alkyl halides is 3. The molecule has 0 saturated carbocycles. The lowest BCUT2D eigenvalue weighted by Gasteiger charge is -2.44. The maximum atomic E-state index is 13.6. The standard InChI is InChI=1S/C25H32F3N3O2S/c1-6-18-10-19(12-20(11-18)25(26,27)28)17(4)29(5)24(33)31-9-8-30(23(32)7-2)13-22(31)21-15-34-14-16(21)3/h10-12,14-15,17,22H,6-9,13H2,1-5H3/t17-,22-/m1/s1. The van der Waals surface area contributed by atoms with Crippen molar-refractivity contribution in [2.24, 2.45) is 0 Å². The van der Waals surface area contributed by atoms with E-state index in [1.165, 1.54) is 4.90 Å². The van der Waals surface area contributed by atoms with E-state index < -0.39 is 17.8 Å². The number of carbonyl (C=O) groups is 2. The highest BCUT2D eigenvalue weighted by molar-refractivity contribution is 7.08. The summed E-state index contributed by atoms with van der Waals surface area (Å²) in [6.45, 7) is 8.56. The van der Waals surface area contributed by atoms with Crippen LogP contribution in [0.3, 0.4) is 0 Å². The molecule has 3 rings (SSSR count). The molecular weight excluding hydrogens is 463 g/mol. The van der Waals surface area contributed by atoms with Crippen LogP contribution in [0.1, 0.15) is 67.1 Å². The highest BCUT2D eigenvalue weighted by atomic mass is 32.1. The van der Waals surface area contributed by atoms with Gasteiger partial charge in [0.1, 0.15) is 0 Å². The molecule has 0 unspecified atom stereocenters. The molecular formula is C25H32F3N3O2S. The Bertz CT molecular complexity index is 1040. The lowest BCUT2D eigenvalue weighted by atomic mass is 9.98. The fourth-order valence-corrected chi connectivity index (χ4v) is 5.26. The minimum Gasteiger partial charge on any atom is -0.339 e. The van der Waals surface area contributed by atoms with E-state index in [0.29, 0.717) is 43.6 Å². The molecule has 0 bridgehead atoms. The lowest BCUT2D eigenvalue weighted by Crippen LogP contribution is -2.55. The van der Waals surface area contributed by atoms with Gasteiger partial charge >= 0.3 is 12.2 Å². The average molecular weight is 496 g/mol. The highest BCUT2D eigenvalue weighted by Gasteiger charge is 2.37. The molecule has 1 fully saturated rings. The maximum absolute atomic E-state index is 13.6. The summed E-state index contributed by atoms with van der Waals surface area (Å²) >= 11 is 1.55. The van der Waals surface area contributed by atoms with Gasteiger partial charge in [0, 0.05) is 33.1 Å². The number of halogens is 3. The number of carbonyl (C=O) groups excluding carboxylic acids is 2. The van der Waals surface area contributed by atoms with Gasteiger partial charge in [0.2, 0.25) is 5.91 Å². The molecule has 1 aromatic carbocycles. The Morgan fingerprint density at radius 1 is 1.18 bits per heavy atom. The number of amides is 3. The average Bonchev–Trinajstić information content (AvgIpc) is 3.26. The summed E-state index contributed by atoms with van der Waals surface area (Å²) in [5.74, 6) is 0.0442. The van der Waals surface area contributed by atoms with Crippen molar-refractivity contribution >= 4 is 23.3 Å². The zero-order valence-corrected chi connectivity index (χ0v) is 21.1. The van der Waals surface area contributed by atoms with Crippen LogP contribution in [0.2, 0.25) is 0 Å². The number of nitrogens with zero attached hydrogens (tertiary/aromatic N) is 3. The third-order valence-corrected chi connectivity index (χ3v) is 7.53. The number of thiophene rings is 1. The number of aryl methyl sites for hydroxylation is 2. The van der Waals surface area contributed by atoms with Crippen LogP contribution >= 0.6 is 11.3 Å². The van der Waals surface area contributed by atoms with Crippen molar-refractivity contribution in [2.75, 3.05) is 26.7 Å². The third-order valence-electron chi connectivity index (χ3n) is 6.65. The first-order valence-corrected chi connectivity index (χ1v) is 12.5. The van der Waals surface area contributed by atoms with Crippen LogP contribution in [0.5, 0.6) is 0 Å². The molecule has 1 aliphatic heterocycles. The molecule has 5 nitrogen and oxygen atoms in total. The maximum Gasteiger partial charge on any atom is 0.416 e. The second-order valence-corrected chi connectivity index (χ2v) is 9.54. The van der Waals surface area contributed by atoms with Gasteiger partial charge in [-0.15, -0.1) is 0 Å². The highest BCUT2D eigenvalue weighted by Crippen LogP contribution is 2.35. The van der Waals surface area contributed by atoms with Crippen molar-refractivity contribution in [1.82, 2.24) is 14.7 Å². The molecule has 0 radical (unpaired) electrons. The van der Waals surface area contributed by atoms with Gasteiger partial charge < -0.3 is 14.7 Å². The quantitative estimate of drug-likeness (QED) is 0.507. The zero-order chi connectivity index (χ0) is 25.2. The van der Waals surface area contributed by atoms with Crippen molar-refractivity contribution in [1.29, 1.82) is 0 Å². The molecule has 186 valence electrons. The van der Waals surface area contributed by atoms with Crippen molar-refractivity contribution in [3.63, 3.8) is 0 Å². The number of urea groups is 1. The fraction of sp³-hybridized carbons (Fsp3) is 0.520. The van der Waals surface area contributed by atoms with Gasteiger partial charge in [0.05, 0.1) is 17.6 Å². The van der Waals surface area contributed by atoms with Crippen LogP contribution < -0.4 is 0 Å². The summed E-state index contributed by atoms with van der Waals surface area (Å²) in [5, 5.41) is 4.02. The largest absolute Gasteiger partial charge is 0.416 e. The molecule has 1 saturated heterocycles. The van der Waals surface area contributed by atoms with Crippen molar-refractivity contribution in [3.05, 3.63) is 56.8 Å². The number of hydrogen-bond acceptors (Lipinski definition) is 3. The number of hydrogen-bond donors (Lipinski definition) is 0. The van der Waals surface area contributed by atoms with Gasteiger partial charge in [0.15, 0.2) is 0 Å². The predicted octanol–water partition coefficient (Wildman–Crippen LogP) is 6.05. The third kappa shape index (κ3) is 5.40. The number of benzene rings is 1. The van der Waals surface area contributed by atoms with E-state index in [1.54, 1.807) is 41.2 Å². The SMILES string of the molecule is CCC(=O)N1CCN(C(=O)N(C)[C@H](C)c2cc(CC)cc(C(F)(F)F)c2)[C@@H](c2cscc2C)C1. The lowest BCUT2D eigenvalue weighted by molar-refractivity contribution is -0.137. The Labute approximate surface area is 203 Å². The van der Waals surface area contributed by atoms with Crippen LogP contribution in [0.4, 0.5) is 18.0 Å². The minimum atomic E-state index is -4.45. The van der Waals surface area contributed by atoms with Crippen LogP contribution in [-0.2, 0) is 17.4 Å². The molecule has 1 aliphatic rings. The van der Waals surface area contributed by atoms with Gasteiger partial charge in [-0.25, -0.2) is 4.79 Å². The molecule has 2 aromatic rings. The van der Waals surface area contributed by atoms with E-state index in [2.05, 4.69) is 0 Å². The number of piperazine rings is 1. The zero-order valence-electron chi connectivity index (χ0n) is 20.3. The Kier molecular flexibility index (Phi) is 7.95. The predicted molar refractivity (Wildman–Crippen MR) is 128 cm³/mol. The van der Waals surface area contributed by atoms with Gasteiger partial charge in [-0.05, 0) is 65.4 Å². The summed E-state index contributed by atoms with van der Waals surface area (Å²) in [6, 6.07) is 2.91. The first-order chi connectivity index (χ1) is 16.0. The summed E-state index contributed by atoms with van der Waals surface area (Å²) in [5.41, 5.74) is 2.38.